The van der Waals surface area contributed by atoms with Crippen LogP contribution in [-0.4, -0.2) is 10.7 Å². The third-order valence-electron chi connectivity index (χ3n) is 5.93. The maximum Gasteiger partial charge on any atom is 0.0899 e. The van der Waals surface area contributed by atoms with Crippen molar-refractivity contribution < 1.29 is 0 Å². The minimum absolute atomic E-state index is 0.708. The molecule has 1 aromatic heterocycles. The summed E-state index contributed by atoms with van der Waals surface area (Å²) in [4.78, 5) is 9.93. The molecule has 0 atom stereocenters. The summed E-state index contributed by atoms with van der Waals surface area (Å²) in [5.41, 5.74) is 7.42. The molecule has 0 saturated heterocycles. The van der Waals surface area contributed by atoms with Crippen LogP contribution < -0.4 is 0 Å². The highest BCUT2D eigenvalue weighted by atomic mass is 79.9. The molecule has 0 aliphatic heterocycles. The molecule has 5 rings (SSSR count). The van der Waals surface area contributed by atoms with Crippen LogP contribution in [-0.2, 0) is 0 Å². The molecule has 1 heterocycles. The van der Waals surface area contributed by atoms with Crippen molar-refractivity contribution in [2.24, 2.45) is 4.99 Å². The highest BCUT2D eigenvalue weighted by Crippen LogP contribution is 2.35. The summed E-state index contributed by atoms with van der Waals surface area (Å²) in [6.07, 6.45) is 3.58. The van der Waals surface area contributed by atoms with Crippen LogP contribution in [0.1, 0.15) is 11.3 Å². The van der Waals surface area contributed by atoms with E-state index in [0.29, 0.717) is 5.71 Å². The number of pyridine rings is 1. The van der Waals surface area contributed by atoms with Gasteiger partial charge in [-0.3, -0.25) is 0 Å². The Kier molecular flexibility index (Phi) is 6.51. The van der Waals surface area contributed by atoms with Gasteiger partial charge in [-0.25, -0.2) is 9.98 Å². The molecule has 3 heteroatoms. The second kappa shape index (κ2) is 10.0. The lowest BCUT2D eigenvalue weighted by Crippen LogP contribution is -2.02. The van der Waals surface area contributed by atoms with Gasteiger partial charge in [-0.2, -0.15) is 0 Å². The summed E-state index contributed by atoms with van der Waals surface area (Å²) in [5.74, 6) is 0. The zero-order valence-corrected chi connectivity index (χ0v) is 20.7. The van der Waals surface area contributed by atoms with Crippen LogP contribution >= 0.6 is 15.9 Å². The SMILES string of the molecule is C=C/C(=N\c1ccccc1C=C)c1cc(-c2ccc(Br)c3ccccc23)cc(-c2ccccc2)n1. The van der Waals surface area contributed by atoms with Crippen molar-refractivity contribution >= 4 is 44.2 Å². The summed E-state index contributed by atoms with van der Waals surface area (Å²) in [6.45, 7) is 7.98. The molecule has 0 N–H and O–H groups in total. The Morgan fingerprint density at radius 2 is 1.46 bits per heavy atom. The van der Waals surface area contributed by atoms with E-state index in [-0.39, 0.29) is 0 Å². The lowest BCUT2D eigenvalue weighted by atomic mass is 9.96. The Hall–Kier alpha value is -4.08. The Morgan fingerprint density at radius 3 is 2.23 bits per heavy atom. The van der Waals surface area contributed by atoms with E-state index in [1.54, 1.807) is 6.08 Å². The number of hydrogen-bond acceptors (Lipinski definition) is 2. The molecule has 0 aliphatic rings. The number of allylic oxidation sites excluding steroid dienone is 1. The Morgan fingerprint density at radius 1 is 0.743 bits per heavy atom. The number of hydrogen-bond donors (Lipinski definition) is 0. The molecule has 0 aliphatic carbocycles. The zero-order valence-electron chi connectivity index (χ0n) is 19.2. The van der Waals surface area contributed by atoms with E-state index in [4.69, 9.17) is 9.98 Å². The monoisotopic (exact) mass is 514 g/mol. The molecule has 4 aromatic carbocycles. The summed E-state index contributed by atoms with van der Waals surface area (Å²) in [6, 6.07) is 35.1. The topological polar surface area (TPSA) is 25.2 Å². The van der Waals surface area contributed by atoms with Crippen molar-refractivity contribution in [3.05, 3.63) is 138 Å². The number of rotatable bonds is 6. The summed E-state index contributed by atoms with van der Waals surface area (Å²) < 4.78 is 1.07. The van der Waals surface area contributed by atoms with Gasteiger partial charge in [0.25, 0.3) is 0 Å². The second-order valence-corrected chi connectivity index (χ2v) is 8.95. The lowest BCUT2D eigenvalue weighted by molar-refractivity contribution is 1.29. The standard InChI is InChI=1S/C32H23BrN2/c1-3-22-12-8-11-17-30(22)34-29(4-2)32-21-24(20-31(35-32)23-13-6-5-7-14-23)25-18-19-28(33)27-16-10-9-15-26(25)27/h3-21H,1-2H2/b34-29+. The van der Waals surface area contributed by atoms with Gasteiger partial charge in [0.2, 0.25) is 0 Å². The zero-order chi connectivity index (χ0) is 24.2. The average molecular weight is 515 g/mol. The largest absolute Gasteiger partial charge is 0.246 e. The molecular formula is C32H23BrN2. The summed E-state index contributed by atoms with van der Waals surface area (Å²) in [7, 11) is 0. The Bertz CT molecular complexity index is 1580. The summed E-state index contributed by atoms with van der Waals surface area (Å²) in [5, 5.41) is 2.34. The van der Waals surface area contributed by atoms with Crippen LogP contribution in [0.5, 0.6) is 0 Å². The quantitative estimate of drug-likeness (QED) is 0.207. The van der Waals surface area contributed by atoms with E-state index in [1.807, 2.05) is 48.5 Å². The fraction of sp³-hybridized carbons (Fsp3) is 0. The van der Waals surface area contributed by atoms with Crippen molar-refractivity contribution in [3.8, 4) is 22.4 Å². The number of para-hydroxylation sites is 1. The van der Waals surface area contributed by atoms with E-state index in [1.165, 1.54) is 10.8 Å². The van der Waals surface area contributed by atoms with Crippen LogP contribution in [0.2, 0.25) is 0 Å². The molecule has 0 saturated carbocycles. The maximum atomic E-state index is 5.01. The molecule has 0 radical (unpaired) electrons. The highest BCUT2D eigenvalue weighted by molar-refractivity contribution is 9.10. The number of aliphatic imine (C=N–C) groups is 1. The van der Waals surface area contributed by atoms with Gasteiger partial charge in [-0.15, -0.1) is 0 Å². The normalized spacial score (nSPS) is 11.4. The van der Waals surface area contributed by atoms with Crippen molar-refractivity contribution in [2.75, 3.05) is 0 Å². The molecule has 2 nitrogen and oxygen atoms in total. The number of halogens is 1. The van der Waals surface area contributed by atoms with E-state index in [2.05, 4.69) is 89.8 Å². The molecule has 0 amide bonds. The second-order valence-electron chi connectivity index (χ2n) is 8.10. The van der Waals surface area contributed by atoms with Crippen LogP contribution in [0.4, 0.5) is 5.69 Å². The third kappa shape index (κ3) is 4.64. The third-order valence-corrected chi connectivity index (χ3v) is 6.62. The minimum Gasteiger partial charge on any atom is -0.246 e. The van der Waals surface area contributed by atoms with Gasteiger partial charge >= 0.3 is 0 Å². The van der Waals surface area contributed by atoms with Gasteiger partial charge in [-0.05, 0) is 57.8 Å². The number of fused-ring (bicyclic) bond motifs is 1. The molecule has 168 valence electrons. The fourth-order valence-corrected chi connectivity index (χ4v) is 4.67. The first-order valence-electron chi connectivity index (χ1n) is 11.4. The number of aromatic nitrogens is 1. The van der Waals surface area contributed by atoms with Crippen LogP contribution in [0.25, 0.3) is 39.2 Å². The molecule has 35 heavy (non-hydrogen) atoms. The molecule has 0 spiro atoms. The van der Waals surface area contributed by atoms with Crippen LogP contribution in [0.15, 0.2) is 132 Å². The highest BCUT2D eigenvalue weighted by Gasteiger charge is 2.13. The van der Waals surface area contributed by atoms with Gasteiger partial charge in [0.05, 0.1) is 22.8 Å². The Balaban J connectivity index is 1.76. The summed E-state index contributed by atoms with van der Waals surface area (Å²) >= 11 is 3.70. The lowest BCUT2D eigenvalue weighted by Gasteiger charge is -2.13. The van der Waals surface area contributed by atoms with Crippen molar-refractivity contribution in [1.29, 1.82) is 0 Å². The van der Waals surface area contributed by atoms with Gasteiger partial charge in [0.15, 0.2) is 0 Å². The maximum absolute atomic E-state index is 5.01. The smallest absolute Gasteiger partial charge is 0.0899 e. The van der Waals surface area contributed by atoms with Gasteiger partial charge in [0, 0.05) is 10.0 Å². The molecule has 0 unspecified atom stereocenters. The van der Waals surface area contributed by atoms with Gasteiger partial charge in [-0.1, -0.05) is 114 Å². The van der Waals surface area contributed by atoms with E-state index >= 15 is 0 Å². The predicted molar refractivity (Wildman–Crippen MR) is 153 cm³/mol. The molecule has 5 aromatic rings. The molecule has 0 fully saturated rings. The first-order valence-corrected chi connectivity index (χ1v) is 12.2. The first kappa shape index (κ1) is 22.7. The van der Waals surface area contributed by atoms with E-state index < -0.39 is 0 Å². The molecular weight excluding hydrogens is 492 g/mol. The Labute approximate surface area is 214 Å². The fourth-order valence-electron chi connectivity index (χ4n) is 4.19. The average Bonchev–Trinajstić information content (AvgIpc) is 2.92. The van der Waals surface area contributed by atoms with Crippen LogP contribution in [0.3, 0.4) is 0 Å². The molecule has 0 bridgehead atoms. The van der Waals surface area contributed by atoms with Crippen molar-refractivity contribution in [3.63, 3.8) is 0 Å². The minimum atomic E-state index is 0.708. The number of nitrogens with zero attached hydrogens (tertiary/aromatic N) is 2. The van der Waals surface area contributed by atoms with Crippen molar-refractivity contribution in [1.82, 2.24) is 4.98 Å². The predicted octanol–water partition coefficient (Wildman–Crippen LogP) is 9.28. The van der Waals surface area contributed by atoms with Gasteiger partial charge in [0.1, 0.15) is 0 Å². The van der Waals surface area contributed by atoms with Crippen molar-refractivity contribution in [2.45, 2.75) is 0 Å². The first-order chi connectivity index (χ1) is 17.2. The van der Waals surface area contributed by atoms with Crippen LogP contribution in [0, 0.1) is 0 Å². The van der Waals surface area contributed by atoms with E-state index in [9.17, 15) is 0 Å². The van der Waals surface area contributed by atoms with Gasteiger partial charge < -0.3 is 0 Å². The van der Waals surface area contributed by atoms with E-state index in [0.717, 1.165) is 43.8 Å². The number of benzene rings is 4.